The Morgan fingerprint density at radius 1 is 0.279 bits per heavy atom. The van der Waals surface area contributed by atoms with Crippen LogP contribution >= 0.6 is 0 Å². The van der Waals surface area contributed by atoms with Gasteiger partial charge in [-0.3, -0.25) is 4.98 Å². The predicted octanol–water partition coefficient (Wildman–Crippen LogP) is 15.6. The lowest BCUT2D eigenvalue weighted by molar-refractivity contribution is 0.794. The molecular formula is C60H37N. The molecule has 0 atom stereocenters. The number of nitrogens with zero attached hydrogens (tertiary/aromatic N) is 1. The summed E-state index contributed by atoms with van der Waals surface area (Å²) in [4.78, 5) is 5.26. The molecule has 1 heteroatoms. The van der Waals surface area contributed by atoms with Crippen molar-refractivity contribution in [2.45, 2.75) is 5.41 Å². The lowest BCUT2D eigenvalue weighted by Gasteiger charge is -2.30. The molecule has 282 valence electrons. The first-order valence-electron chi connectivity index (χ1n) is 21.2. The standard InChI is InChI=1S/C60H37N/c1-2-14-41-35-42(30-27-38(41)13-1)39-25-28-40(29-26-39)58-49-18-3-5-20-51(49)59(52-21-6-4-19-50(52)58)44-32-34-57(61-37-44)43-31-33-48-47-17-9-12-24-55(47)60(56(48)36-43)53-22-10-7-15-45(53)46-16-8-11-23-54(46)60/h1-37H. The SMILES string of the molecule is c1ccc2c(c1)-c1ccccc1C21c2ccccc2-c2ccc(-c3ccc(-c4c5ccccc5c(-c5ccc(-c6ccc7ccccc7c6)cc5)c5ccccc45)cn3)cc21. The molecule has 13 rings (SSSR count). The van der Waals surface area contributed by atoms with E-state index in [-0.39, 0.29) is 5.41 Å². The molecule has 10 aromatic carbocycles. The van der Waals surface area contributed by atoms with E-state index in [9.17, 15) is 0 Å². The van der Waals surface area contributed by atoms with Crippen LogP contribution in [0.15, 0.2) is 225 Å². The van der Waals surface area contributed by atoms with E-state index in [1.165, 1.54) is 105 Å². The van der Waals surface area contributed by atoms with Crippen molar-refractivity contribution in [1.82, 2.24) is 4.98 Å². The molecule has 0 saturated carbocycles. The fraction of sp³-hybridized carbons (Fsp3) is 0.0167. The highest BCUT2D eigenvalue weighted by Gasteiger charge is 2.51. The van der Waals surface area contributed by atoms with Gasteiger partial charge in [0.2, 0.25) is 0 Å². The lowest BCUT2D eigenvalue weighted by Crippen LogP contribution is -2.25. The monoisotopic (exact) mass is 771 g/mol. The van der Waals surface area contributed by atoms with Crippen LogP contribution < -0.4 is 0 Å². The Morgan fingerprint density at radius 2 is 0.721 bits per heavy atom. The van der Waals surface area contributed by atoms with Crippen molar-refractivity contribution in [3.63, 3.8) is 0 Å². The summed E-state index contributed by atoms with van der Waals surface area (Å²) in [6, 6.07) is 80.6. The molecule has 0 radical (unpaired) electrons. The minimum Gasteiger partial charge on any atom is -0.256 e. The number of pyridine rings is 1. The Bertz CT molecular complexity index is 3450. The second-order valence-electron chi connectivity index (χ2n) is 16.6. The maximum Gasteiger partial charge on any atom is 0.0725 e. The number of aromatic nitrogens is 1. The molecule has 11 aromatic rings. The van der Waals surface area contributed by atoms with Gasteiger partial charge in [0.05, 0.1) is 11.1 Å². The molecule has 2 aliphatic rings. The highest BCUT2D eigenvalue weighted by molar-refractivity contribution is 6.21. The molecule has 2 aliphatic carbocycles. The Morgan fingerprint density at radius 3 is 1.30 bits per heavy atom. The van der Waals surface area contributed by atoms with E-state index in [0.29, 0.717) is 0 Å². The third-order valence-corrected chi connectivity index (χ3v) is 13.5. The van der Waals surface area contributed by atoms with Crippen LogP contribution in [0.4, 0.5) is 0 Å². The van der Waals surface area contributed by atoms with Gasteiger partial charge in [-0.15, -0.1) is 0 Å². The van der Waals surface area contributed by atoms with Crippen LogP contribution in [-0.2, 0) is 5.41 Å². The Kier molecular flexibility index (Phi) is 7.29. The maximum absolute atomic E-state index is 5.26. The molecule has 1 nitrogen and oxygen atoms in total. The van der Waals surface area contributed by atoms with E-state index >= 15 is 0 Å². The van der Waals surface area contributed by atoms with Crippen LogP contribution in [0.5, 0.6) is 0 Å². The van der Waals surface area contributed by atoms with Crippen molar-refractivity contribution in [1.29, 1.82) is 0 Å². The fourth-order valence-electron chi connectivity index (χ4n) is 10.9. The molecule has 0 saturated heterocycles. The summed E-state index contributed by atoms with van der Waals surface area (Å²) in [7, 11) is 0. The molecule has 0 unspecified atom stereocenters. The van der Waals surface area contributed by atoms with E-state index in [0.717, 1.165) is 16.8 Å². The van der Waals surface area contributed by atoms with Crippen molar-refractivity contribution in [3.8, 4) is 66.9 Å². The molecule has 0 N–H and O–H groups in total. The Hall–Kier alpha value is -7.87. The molecule has 0 bridgehead atoms. The summed E-state index contributed by atoms with van der Waals surface area (Å²) >= 11 is 0. The number of benzene rings is 10. The summed E-state index contributed by atoms with van der Waals surface area (Å²) in [5, 5.41) is 7.43. The smallest absolute Gasteiger partial charge is 0.0725 e. The van der Waals surface area contributed by atoms with Gasteiger partial charge in [0.1, 0.15) is 0 Å². The molecule has 0 fully saturated rings. The normalized spacial score (nSPS) is 13.0. The number of rotatable bonds is 4. The van der Waals surface area contributed by atoms with E-state index in [1.54, 1.807) is 0 Å². The zero-order chi connectivity index (χ0) is 40.1. The highest BCUT2D eigenvalue weighted by Crippen LogP contribution is 2.63. The summed E-state index contributed by atoms with van der Waals surface area (Å²) in [5.41, 5.74) is 19.6. The van der Waals surface area contributed by atoms with Crippen molar-refractivity contribution in [2.75, 3.05) is 0 Å². The fourth-order valence-corrected chi connectivity index (χ4v) is 10.9. The van der Waals surface area contributed by atoms with Gasteiger partial charge in [0.25, 0.3) is 0 Å². The maximum atomic E-state index is 5.26. The summed E-state index contributed by atoms with van der Waals surface area (Å²) in [6.45, 7) is 0. The van der Waals surface area contributed by atoms with E-state index in [2.05, 4.69) is 225 Å². The van der Waals surface area contributed by atoms with Crippen LogP contribution in [0.2, 0.25) is 0 Å². The van der Waals surface area contributed by atoms with Crippen LogP contribution in [0.3, 0.4) is 0 Å². The first-order valence-corrected chi connectivity index (χ1v) is 21.2. The molecular weight excluding hydrogens is 735 g/mol. The summed E-state index contributed by atoms with van der Waals surface area (Å²) in [6.07, 6.45) is 2.08. The first kappa shape index (κ1) is 34.0. The Labute approximate surface area is 354 Å². The average molecular weight is 772 g/mol. The predicted molar refractivity (Wildman–Crippen MR) is 255 cm³/mol. The zero-order valence-corrected chi connectivity index (χ0v) is 33.3. The van der Waals surface area contributed by atoms with E-state index in [1.807, 2.05) is 0 Å². The van der Waals surface area contributed by atoms with Gasteiger partial charge in [-0.2, -0.15) is 0 Å². The summed E-state index contributed by atoms with van der Waals surface area (Å²) < 4.78 is 0. The van der Waals surface area contributed by atoms with Crippen molar-refractivity contribution in [3.05, 3.63) is 247 Å². The lowest BCUT2D eigenvalue weighted by atomic mass is 9.70. The molecule has 0 aliphatic heterocycles. The topological polar surface area (TPSA) is 12.9 Å². The molecule has 1 heterocycles. The van der Waals surface area contributed by atoms with Crippen LogP contribution in [-0.4, -0.2) is 4.98 Å². The molecule has 1 spiro atoms. The van der Waals surface area contributed by atoms with E-state index in [4.69, 9.17) is 4.98 Å². The van der Waals surface area contributed by atoms with Crippen molar-refractivity contribution in [2.24, 2.45) is 0 Å². The van der Waals surface area contributed by atoms with Gasteiger partial charge in [0, 0.05) is 17.3 Å². The summed E-state index contributed by atoms with van der Waals surface area (Å²) in [5.74, 6) is 0. The van der Waals surface area contributed by atoms with Gasteiger partial charge in [-0.05, 0) is 123 Å². The number of hydrogen-bond acceptors (Lipinski definition) is 1. The second-order valence-corrected chi connectivity index (χ2v) is 16.6. The van der Waals surface area contributed by atoms with Crippen molar-refractivity contribution >= 4 is 32.3 Å². The number of hydrogen-bond donors (Lipinski definition) is 0. The van der Waals surface area contributed by atoms with Crippen LogP contribution in [0, 0.1) is 0 Å². The van der Waals surface area contributed by atoms with Gasteiger partial charge in [0.15, 0.2) is 0 Å². The van der Waals surface area contributed by atoms with E-state index < -0.39 is 0 Å². The minimum atomic E-state index is -0.384. The average Bonchev–Trinajstić information content (AvgIpc) is 3.80. The highest BCUT2D eigenvalue weighted by atomic mass is 14.7. The minimum absolute atomic E-state index is 0.384. The van der Waals surface area contributed by atoms with Gasteiger partial charge < -0.3 is 0 Å². The molecule has 61 heavy (non-hydrogen) atoms. The van der Waals surface area contributed by atoms with Crippen molar-refractivity contribution < 1.29 is 0 Å². The first-order chi connectivity index (χ1) is 30.3. The third kappa shape index (κ3) is 4.86. The second kappa shape index (κ2) is 13.1. The number of fused-ring (bicyclic) bond motifs is 13. The van der Waals surface area contributed by atoms with Crippen LogP contribution in [0.25, 0.3) is 99.2 Å². The largest absolute Gasteiger partial charge is 0.256 e. The van der Waals surface area contributed by atoms with Crippen LogP contribution in [0.1, 0.15) is 22.3 Å². The Balaban J connectivity index is 0.925. The van der Waals surface area contributed by atoms with Gasteiger partial charge in [-0.1, -0.05) is 200 Å². The quantitative estimate of drug-likeness (QED) is 0.162. The molecule has 0 amide bonds. The van der Waals surface area contributed by atoms with Gasteiger partial charge in [-0.25, -0.2) is 0 Å². The third-order valence-electron chi connectivity index (χ3n) is 13.5. The molecule has 1 aromatic heterocycles. The van der Waals surface area contributed by atoms with Gasteiger partial charge >= 0.3 is 0 Å². The zero-order valence-electron chi connectivity index (χ0n) is 33.3.